The fourth-order valence-electron chi connectivity index (χ4n) is 4.45. The van der Waals surface area contributed by atoms with Crippen LogP contribution in [0, 0.1) is 5.92 Å². The van der Waals surface area contributed by atoms with Gasteiger partial charge in [0.2, 0.25) is 21.8 Å². The second-order valence-corrected chi connectivity index (χ2v) is 11.1. The third-order valence-electron chi connectivity index (χ3n) is 6.68. The van der Waals surface area contributed by atoms with Gasteiger partial charge in [-0.15, -0.1) is 0 Å². The average molecular weight is 470 g/mol. The van der Waals surface area contributed by atoms with Gasteiger partial charge in [0, 0.05) is 30.4 Å². The largest absolute Gasteiger partial charge is 0.325 e. The summed E-state index contributed by atoms with van der Waals surface area (Å²) < 4.78 is 27.3. The Morgan fingerprint density at radius 2 is 1.82 bits per heavy atom. The van der Waals surface area contributed by atoms with E-state index >= 15 is 0 Å². The van der Waals surface area contributed by atoms with Crippen LogP contribution < -0.4 is 10.2 Å². The molecule has 4 rings (SSSR count). The van der Waals surface area contributed by atoms with E-state index in [4.69, 9.17) is 0 Å². The van der Waals surface area contributed by atoms with E-state index in [-0.39, 0.29) is 29.3 Å². The van der Waals surface area contributed by atoms with Gasteiger partial charge in [0.1, 0.15) is 0 Å². The second kappa shape index (κ2) is 9.27. The highest BCUT2D eigenvalue weighted by Crippen LogP contribution is 2.38. The topological polar surface area (TPSA) is 86.8 Å². The molecule has 1 atom stereocenters. The Bertz CT molecular complexity index is 1160. The van der Waals surface area contributed by atoms with Crippen LogP contribution in [0.25, 0.3) is 0 Å². The molecule has 0 radical (unpaired) electrons. The van der Waals surface area contributed by atoms with Gasteiger partial charge < -0.3 is 10.2 Å². The maximum atomic E-state index is 13.1. The van der Waals surface area contributed by atoms with E-state index < -0.39 is 15.9 Å². The molecule has 1 aliphatic carbocycles. The van der Waals surface area contributed by atoms with Crippen LogP contribution in [0.5, 0.6) is 0 Å². The summed E-state index contributed by atoms with van der Waals surface area (Å²) in [6.07, 6.45) is 4.47. The highest BCUT2D eigenvalue weighted by Gasteiger charge is 2.37. The molecule has 0 spiro atoms. The molecule has 1 heterocycles. The minimum absolute atomic E-state index is 0.00802. The van der Waals surface area contributed by atoms with E-state index in [0.717, 1.165) is 46.8 Å². The van der Waals surface area contributed by atoms with Crippen molar-refractivity contribution >= 4 is 33.2 Å². The van der Waals surface area contributed by atoms with E-state index in [1.54, 1.807) is 12.1 Å². The summed E-state index contributed by atoms with van der Waals surface area (Å²) in [5, 5.41) is 2.75. The van der Waals surface area contributed by atoms with Crippen molar-refractivity contribution < 1.29 is 18.0 Å². The molecular formula is C25H31N3O4S. The number of fused-ring (bicyclic) bond motifs is 1. The van der Waals surface area contributed by atoms with E-state index in [9.17, 15) is 18.0 Å². The molecule has 1 fully saturated rings. The second-order valence-electron chi connectivity index (χ2n) is 9.04. The van der Waals surface area contributed by atoms with Crippen molar-refractivity contribution in [2.45, 2.75) is 56.9 Å². The Hall–Kier alpha value is -2.71. The molecule has 8 heteroatoms. The number of carbonyl (C=O) groups excluding carboxylic acids is 2. The number of nitrogens with zero attached hydrogens (tertiary/aromatic N) is 2. The third kappa shape index (κ3) is 4.68. The van der Waals surface area contributed by atoms with E-state index in [2.05, 4.69) is 12.2 Å². The van der Waals surface area contributed by atoms with Gasteiger partial charge >= 0.3 is 0 Å². The number of anilines is 2. The summed E-state index contributed by atoms with van der Waals surface area (Å²) in [4.78, 5) is 27.3. The molecule has 0 saturated heterocycles. The molecular weight excluding hydrogens is 438 g/mol. The van der Waals surface area contributed by atoms with Crippen LogP contribution in [0.15, 0.2) is 47.4 Å². The zero-order chi connectivity index (χ0) is 23.8. The first-order valence-corrected chi connectivity index (χ1v) is 13.0. The zero-order valence-corrected chi connectivity index (χ0v) is 20.2. The first kappa shape index (κ1) is 23.4. The molecule has 0 aromatic heterocycles. The average Bonchev–Trinajstić information content (AvgIpc) is 3.07. The van der Waals surface area contributed by atoms with Crippen molar-refractivity contribution in [1.82, 2.24) is 4.31 Å². The summed E-state index contributed by atoms with van der Waals surface area (Å²) >= 11 is 0. The van der Waals surface area contributed by atoms with Crippen LogP contribution in [0.2, 0.25) is 0 Å². The summed E-state index contributed by atoms with van der Waals surface area (Å²) in [6.45, 7) is 3.75. The predicted molar refractivity (Wildman–Crippen MR) is 129 cm³/mol. The molecule has 1 saturated carbocycles. The van der Waals surface area contributed by atoms with Crippen LogP contribution in [-0.2, 0) is 32.5 Å². The molecule has 2 aromatic carbocycles. The molecule has 176 valence electrons. The lowest BCUT2D eigenvalue weighted by atomic mass is 9.84. The summed E-state index contributed by atoms with van der Waals surface area (Å²) in [6, 6.07) is 12.4. The maximum Gasteiger partial charge on any atom is 0.243 e. The van der Waals surface area contributed by atoms with Crippen LogP contribution in [0.4, 0.5) is 11.4 Å². The number of hydrogen-bond acceptors (Lipinski definition) is 4. The molecule has 2 amide bonds. The molecule has 7 nitrogen and oxygen atoms in total. The Kier molecular flexibility index (Phi) is 6.59. The zero-order valence-electron chi connectivity index (χ0n) is 19.4. The molecule has 33 heavy (non-hydrogen) atoms. The first-order chi connectivity index (χ1) is 15.7. The fraction of sp³-hybridized carbons (Fsp3) is 0.440. The molecule has 1 aliphatic heterocycles. The predicted octanol–water partition coefficient (Wildman–Crippen LogP) is 3.59. The van der Waals surface area contributed by atoms with E-state index in [1.807, 2.05) is 36.1 Å². The van der Waals surface area contributed by atoms with Crippen LogP contribution in [-0.4, -0.2) is 44.2 Å². The van der Waals surface area contributed by atoms with Gasteiger partial charge in [-0.3, -0.25) is 9.59 Å². The van der Waals surface area contributed by atoms with Gasteiger partial charge in [0.15, 0.2) is 0 Å². The number of carbonyl (C=O) groups is 2. The Labute approximate surface area is 195 Å². The van der Waals surface area contributed by atoms with Crippen molar-refractivity contribution in [3.63, 3.8) is 0 Å². The SMILES string of the molecule is CCc1ccc(NC(=O)CN(C)S(=O)(=O)c2ccc3c(c2)C[C@@H](C)N3C(=O)C2CCC2)cc1. The third-order valence-corrected chi connectivity index (χ3v) is 8.48. The van der Waals surface area contributed by atoms with E-state index in [0.29, 0.717) is 12.1 Å². The molecule has 2 aromatic rings. The Morgan fingerprint density at radius 1 is 1.12 bits per heavy atom. The number of aryl methyl sites for hydroxylation is 1. The van der Waals surface area contributed by atoms with Crippen molar-refractivity contribution in [3.05, 3.63) is 53.6 Å². The highest BCUT2D eigenvalue weighted by molar-refractivity contribution is 7.89. The van der Waals surface area contributed by atoms with Gasteiger partial charge in [0.05, 0.1) is 11.4 Å². The smallest absolute Gasteiger partial charge is 0.243 e. The number of benzene rings is 2. The lowest BCUT2D eigenvalue weighted by Crippen LogP contribution is -2.42. The lowest BCUT2D eigenvalue weighted by Gasteiger charge is -2.32. The monoisotopic (exact) mass is 469 g/mol. The normalized spacial score (nSPS) is 18.2. The fourth-order valence-corrected chi connectivity index (χ4v) is 5.63. The van der Waals surface area contributed by atoms with Crippen molar-refractivity contribution in [2.75, 3.05) is 23.8 Å². The Morgan fingerprint density at radius 3 is 2.42 bits per heavy atom. The number of amides is 2. The van der Waals surface area contributed by atoms with Crippen molar-refractivity contribution in [2.24, 2.45) is 5.92 Å². The Balaban J connectivity index is 1.46. The maximum absolute atomic E-state index is 13.1. The van der Waals surface area contributed by atoms with Crippen molar-refractivity contribution in [3.8, 4) is 0 Å². The molecule has 0 unspecified atom stereocenters. The standard InChI is InChI=1S/C25H31N3O4S/c1-4-18-8-10-21(11-9-18)26-24(29)16-27(3)33(31,32)22-12-13-23-20(15-22)14-17(2)28(23)25(30)19-6-5-7-19/h8-13,15,17,19H,4-7,14,16H2,1-3H3,(H,26,29)/t17-/m1/s1. The number of nitrogens with one attached hydrogen (secondary N) is 1. The summed E-state index contributed by atoms with van der Waals surface area (Å²) in [5.41, 5.74) is 3.44. The quantitative estimate of drug-likeness (QED) is 0.671. The number of hydrogen-bond donors (Lipinski definition) is 1. The summed E-state index contributed by atoms with van der Waals surface area (Å²) in [7, 11) is -2.45. The van der Waals surface area contributed by atoms with Crippen LogP contribution in [0.3, 0.4) is 0 Å². The van der Waals surface area contributed by atoms with Gasteiger partial charge in [-0.1, -0.05) is 25.5 Å². The number of rotatable bonds is 7. The molecule has 0 bridgehead atoms. The molecule has 2 aliphatic rings. The number of sulfonamides is 1. The molecule has 1 N–H and O–H groups in total. The summed E-state index contributed by atoms with van der Waals surface area (Å²) in [5.74, 6) is -0.175. The van der Waals surface area contributed by atoms with E-state index in [1.165, 1.54) is 13.1 Å². The van der Waals surface area contributed by atoms with Gasteiger partial charge in [-0.25, -0.2) is 8.42 Å². The van der Waals surface area contributed by atoms with Gasteiger partial charge in [0.25, 0.3) is 0 Å². The van der Waals surface area contributed by atoms with Crippen molar-refractivity contribution in [1.29, 1.82) is 0 Å². The first-order valence-electron chi connectivity index (χ1n) is 11.5. The minimum Gasteiger partial charge on any atom is -0.325 e. The van der Waals surface area contributed by atoms with Gasteiger partial charge in [-0.2, -0.15) is 4.31 Å². The number of likely N-dealkylation sites (N-methyl/N-ethyl adjacent to an activating group) is 1. The van der Waals surface area contributed by atoms with Crippen LogP contribution >= 0.6 is 0 Å². The highest BCUT2D eigenvalue weighted by atomic mass is 32.2. The lowest BCUT2D eigenvalue weighted by molar-refractivity contribution is -0.125. The van der Waals surface area contributed by atoms with Crippen LogP contribution in [0.1, 0.15) is 44.2 Å². The minimum atomic E-state index is -3.85. The van der Waals surface area contributed by atoms with Gasteiger partial charge in [-0.05, 0) is 74.1 Å².